The Morgan fingerprint density at radius 2 is 1.53 bits per heavy atom. The van der Waals surface area contributed by atoms with Gasteiger partial charge in [-0.1, -0.05) is 0 Å². The number of nitrogens with zero attached hydrogens (tertiary/aromatic N) is 1. The molecule has 0 atom stereocenters. The number of hydrogen-bond donors (Lipinski definition) is 0. The number of aromatic nitrogens is 1. The van der Waals surface area contributed by atoms with Crippen LogP contribution in [0.4, 0.5) is 13.2 Å². The van der Waals surface area contributed by atoms with Crippen LogP contribution in [0, 0.1) is 19.3 Å². The quantitative estimate of drug-likeness (QED) is 0.211. The van der Waals surface area contributed by atoms with Crippen molar-refractivity contribution in [1.82, 2.24) is 4.98 Å². The minimum absolute atomic E-state index is 0.0595. The molecule has 3 aromatic carbocycles. The van der Waals surface area contributed by atoms with Crippen molar-refractivity contribution in [1.29, 1.82) is 0 Å². The van der Waals surface area contributed by atoms with Gasteiger partial charge in [0.25, 0.3) is 0 Å². The summed E-state index contributed by atoms with van der Waals surface area (Å²) in [6.07, 6.45) is -1.97. The maximum atomic E-state index is 14.4. The Bertz CT molecular complexity index is 1550. The molecule has 0 radical (unpaired) electrons. The van der Waals surface area contributed by atoms with Crippen molar-refractivity contribution in [3.8, 4) is 11.3 Å². The number of hydrogen-bond acceptors (Lipinski definition) is 1. The molecule has 0 bridgehead atoms. The van der Waals surface area contributed by atoms with Crippen molar-refractivity contribution in [3.05, 3.63) is 77.0 Å². The van der Waals surface area contributed by atoms with Gasteiger partial charge in [0, 0.05) is 0 Å². The summed E-state index contributed by atoms with van der Waals surface area (Å²) in [7, 11) is 0. The van der Waals surface area contributed by atoms with E-state index in [1.165, 1.54) is 6.07 Å². The first-order valence-corrected chi connectivity index (χ1v) is 13.0. The van der Waals surface area contributed by atoms with E-state index in [4.69, 9.17) is 0 Å². The van der Waals surface area contributed by atoms with E-state index >= 15 is 0 Å². The van der Waals surface area contributed by atoms with E-state index in [0.29, 0.717) is 16.2 Å². The van der Waals surface area contributed by atoms with Crippen molar-refractivity contribution in [3.63, 3.8) is 0 Å². The first kappa shape index (κ1) is 23.1. The minimum atomic E-state index is -4.43. The van der Waals surface area contributed by atoms with Crippen LogP contribution in [0.25, 0.3) is 41.3 Å². The van der Waals surface area contributed by atoms with Crippen molar-refractivity contribution >= 4 is 44.6 Å². The molecule has 5 heteroatoms. The Balaban J connectivity index is 1.87. The third-order valence-corrected chi connectivity index (χ3v) is 8.68. The fraction of sp³-hybridized carbons (Fsp3) is 0.276. The van der Waals surface area contributed by atoms with Crippen molar-refractivity contribution < 1.29 is 13.2 Å². The van der Waals surface area contributed by atoms with E-state index in [0.717, 1.165) is 48.3 Å². The Hall–Kier alpha value is -2.62. The molecule has 0 saturated carbocycles. The summed E-state index contributed by atoms with van der Waals surface area (Å²) in [6, 6.07) is 15.4. The number of halogens is 3. The molecule has 174 valence electrons. The third-order valence-electron chi connectivity index (χ3n) is 6.07. The first-order chi connectivity index (χ1) is 15.9. The molecule has 0 amide bonds. The van der Waals surface area contributed by atoms with Gasteiger partial charge in [0.2, 0.25) is 0 Å². The molecule has 0 aliphatic carbocycles. The molecule has 34 heavy (non-hydrogen) atoms. The number of alkyl halides is 3. The number of benzene rings is 3. The van der Waals surface area contributed by atoms with Crippen molar-refractivity contribution in [2.45, 2.75) is 47.2 Å². The van der Waals surface area contributed by atoms with Gasteiger partial charge in [-0.25, -0.2) is 0 Å². The number of aryl methyl sites for hydroxylation is 2. The van der Waals surface area contributed by atoms with Gasteiger partial charge in [-0.3, -0.25) is 0 Å². The van der Waals surface area contributed by atoms with Crippen molar-refractivity contribution in [2.75, 3.05) is 0 Å². The predicted molar refractivity (Wildman–Crippen MR) is 137 cm³/mol. The SMILES string of the molecule is Cc1cc(C)cc(-c2nccc3c2[se]c2c4ccc(CC(C)(C)C)cc4cc(C(F)(F)F)c32)c1. The zero-order chi connectivity index (χ0) is 24.4. The van der Waals surface area contributed by atoms with E-state index < -0.39 is 11.7 Å². The summed E-state index contributed by atoms with van der Waals surface area (Å²) in [4.78, 5) is 4.65. The van der Waals surface area contributed by atoms with Crippen LogP contribution in [-0.2, 0) is 12.6 Å². The topological polar surface area (TPSA) is 12.9 Å². The number of rotatable bonds is 2. The van der Waals surface area contributed by atoms with Gasteiger partial charge in [-0.15, -0.1) is 0 Å². The molecule has 2 aromatic heterocycles. The van der Waals surface area contributed by atoms with Gasteiger partial charge in [-0.2, -0.15) is 0 Å². The molecule has 2 heterocycles. The zero-order valence-electron chi connectivity index (χ0n) is 19.9. The molecule has 5 aromatic rings. The third kappa shape index (κ3) is 4.16. The molecule has 0 spiro atoms. The second-order valence-corrected chi connectivity index (χ2v) is 12.6. The van der Waals surface area contributed by atoms with E-state index in [1.54, 1.807) is 12.3 Å². The normalized spacial score (nSPS) is 12.8. The van der Waals surface area contributed by atoms with E-state index in [1.807, 2.05) is 26.0 Å². The molecule has 0 aliphatic heterocycles. The van der Waals surface area contributed by atoms with E-state index in [-0.39, 0.29) is 19.9 Å². The molecule has 0 unspecified atom stereocenters. The summed E-state index contributed by atoms with van der Waals surface area (Å²) in [5, 5.41) is 2.60. The van der Waals surface area contributed by atoms with Crippen LogP contribution in [-0.4, -0.2) is 19.5 Å². The Kier molecular flexibility index (Phi) is 5.42. The van der Waals surface area contributed by atoms with Crippen LogP contribution in [0.2, 0.25) is 0 Å². The summed E-state index contributed by atoms with van der Waals surface area (Å²) in [6.45, 7) is 10.5. The van der Waals surface area contributed by atoms with Gasteiger partial charge >= 0.3 is 204 Å². The summed E-state index contributed by atoms with van der Waals surface area (Å²) >= 11 is -0.281. The van der Waals surface area contributed by atoms with Gasteiger partial charge in [0.15, 0.2) is 0 Å². The van der Waals surface area contributed by atoms with E-state index in [9.17, 15) is 13.2 Å². The Morgan fingerprint density at radius 1 is 0.824 bits per heavy atom. The molecule has 0 N–H and O–H groups in total. The zero-order valence-corrected chi connectivity index (χ0v) is 21.6. The molecule has 1 nitrogen and oxygen atoms in total. The van der Waals surface area contributed by atoms with Crippen LogP contribution in [0.15, 0.2) is 54.7 Å². The molecule has 0 aliphatic rings. The van der Waals surface area contributed by atoms with Crippen LogP contribution < -0.4 is 0 Å². The van der Waals surface area contributed by atoms with Gasteiger partial charge in [0.1, 0.15) is 0 Å². The predicted octanol–water partition coefficient (Wildman–Crippen LogP) is 8.49. The standard InChI is InChI=1S/C29H26F3NSe/c1-16-10-17(2)12-20(11-16)25-27-22(8-9-33-25)24-23(29(30,31)32)14-19-13-18(15-28(3,4)5)6-7-21(19)26(24)34-27/h6-14H,15H2,1-5H3. The Labute approximate surface area is 203 Å². The molecular weight excluding hydrogens is 498 g/mol. The van der Waals surface area contributed by atoms with Crippen LogP contribution in [0.1, 0.15) is 43.0 Å². The molecule has 5 rings (SSSR count). The maximum absolute atomic E-state index is 14.4. The van der Waals surface area contributed by atoms with Crippen LogP contribution in [0.5, 0.6) is 0 Å². The van der Waals surface area contributed by atoms with Crippen LogP contribution in [0.3, 0.4) is 0 Å². The molecule has 0 saturated heterocycles. The second-order valence-electron chi connectivity index (χ2n) is 10.4. The fourth-order valence-corrected chi connectivity index (χ4v) is 7.78. The first-order valence-electron chi connectivity index (χ1n) is 11.3. The fourth-order valence-electron chi connectivity index (χ4n) is 4.91. The summed E-state index contributed by atoms with van der Waals surface area (Å²) in [5.74, 6) is 0. The monoisotopic (exact) mass is 525 g/mol. The van der Waals surface area contributed by atoms with Gasteiger partial charge in [-0.05, 0) is 0 Å². The number of pyridine rings is 1. The van der Waals surface area contributed by atoms with Crippen molar-refractivity contribution in [2.24, 2.45) is 5.41 Å². The van der Waals surface area contributed by atoms with E-state index in [2.05, 4.69) is 50.0 Å². The van der Waals surface area contributed by atoms with Crippen LogP contribution >= 0.6 is 0 Å². The van der Waals surface area contributed by atoms with Gasteiger partial charge < -0.3 is 0 Å². The number of fused-ring (bicyclic) bond motifs is 5. The average molecular weight is 524 g/mol. The second kappa shape index (κ2) is 7.96. The Morgan fingerprint density at radius 3 is 2.18 bits per heavy atom. The van der Waals surface area contributed by atoms with Gasteiger partial charge in [0.05, 0.1) is 0 Å². The molecule has 0 fully saturated rings. The summed E-state index contributed by atoms with van der Waals surface area (Å²) in [5.41, 5.74) is 4.58. The summed E-state index contributed by atoms with van der Waals surface area (Å²) < 4.78 is 44.8. The molecular formula is C29H26F3NSe. The average Bonchev–Trinajstić information content (AvgIpc) is 3.10.